The van der Waals surface area contributed by atoms with Gasteiger partial charge in [0.1, 0.15) is 5.65 Å². The molecule has 0 aliphatic heterocycles. The molecule has 2 aromatic heterocycles. The summed E-state index contributed by atoms with van der Waals surface area (Å²) in [5, 5.41) is 0.717. The standard InChI is InChI=1S/C14H21ClN4.ClH/c1-14(2,9-16)10-18(3)7-12-8-19-6-11(15)4-5-13(19)17-12;/h4-6,8H,7,9-10,16H2,1-3H3;1H. The maximum atomic E-state index is 5.97. The van der Waals surface area contributed by atoms with Crippen molar-refractivity contribution in [1.29, 1.82) is 0 Å². The van der Waals surface area contributed by atoms with Crippen molar-refractivity contribution in [2.45, 2.75) is 20.4 Å². The summed E-state index contributed by atoms with van der Waals surface area (Å²) < 4.78 is 1.96. The van der Waals surface area contributed by atoms with Gasteiger partial charge in [-0.3, -0.25) is 4.90 Å². The van der Waals surface area contributed by atoms with Gasteiger partial charge >= 0.3 is 0 Å². The lowest BCUT2D eigenvalue weighted by Gasteiger charge is -2.28. The normalized spacial score (nSPS) is 11.9. The van der Waals surface area contributed by atoms with Crippen LogP contribution < -0.4 is 5.73 Å². The molecule has 0 atom stereocenters. The first-order chi connectivity index (χ1) is 8.89. The molecule has 2 heterocycles. The van der Waals surface area contributed by atoms with Crippen molar-refractivity contribution in [2.24, 2.45) is 11.1 Å². The van der Waals surface area contributed by atoms with Crippen LogP contribution in [0.2, 0.25) is 5.02 Å². The molecule has 20 heavy (non-hydrogen) atoms. The zero-order valence-electron chi connectivity index (χ0n) is 12.1. The molecule has 0 aliphatic rings. The summed E-state index contributed by atoms with van der Waals surface area (Å²) in [4.78, 5) is 6.83. The second kappa shape index (κ2) is 6.76. The van der Waals surface area contributed by atoms with Crippen LogP contribution in [0.3, 0.4) is 0 Å². The zero-order chi connectivity index (χ0) is 14.0. The molecule has 0 unspecified atom stereocenters. The molecule has 2 N–H and O–H groups in total. The monoisotopic (exact) mass is 316 g/mol. The smallest absolute Gasteiger partial charge is 0.137 e. The summed E-state index contributed by atoms with van der Waals surface area (Å²) in [6, 6.07) is 3.78. The minimum atomic E-state index is 0. The van der Waals surface area contributed by atoms with Crippen molar-refractivity contribution in [2.75, 3.05) is 20.1 Å². The lowest BCUT2D eigenvalue weighted by Crippen LogP contribution is -2.36. The second-order valence-corrected chi connectivity index (χ2v) is 6.32. The third-order valence-electron chi connectivity index (χ3n) is 3.15. The first-order valence-corrected chi connectivity index (χ1v) is 6.79. The maximum absolute atomic E-state index is 5.97. The zero-order valence-corrected chi connectivity index (χ0v) is 13.7. The van der Waals surface area contributed by atoms with Gasteiger partial charge in [0.2, 0.25) is 0 Å². The maximum Gasteiger partial charge on any atom is 0.137 e. The number of rotatable bonds is 5. The average molecular weight is 317 g/mol. The van der Waals surface area contributed by atoms with Gasteiger partial charge in [0.15, 0.2) is 0 Å². The van der Waals surface area contributed by atoms with E-state index >= 15 is 0 Å². The number of halogens is 2. The number of nitrogens with two attached hydrogens (primary N) is 1. The number of nitrogens with zero attached hydrogens (tertiary/aromatic N) is 3. The number of imidazole rings is 1. The van der Waals surface area contributed by atoms with E-state index in [1.807, 2.05) is 28.9 Å². The van der Waals surface area contributed by atoms with E-state index in [2.05, 4.69) is 30.8 Å². The van der Waals surface area contributed by atoms with Crippen LogP contribution in [-0.4, -0.2) is 34.4 Å². The van der Waals surface area contributed by atoms with Crippen LogP contribution in [0.25, 0.3) is 5.65 Å². The molecule has 0 spiro atoms. The van der Waals surface area contributed by atoms with Crippen molar-refractivity contribution >= 4 is 29.7 Å². The molecule has 112 valence electrons. The molecule has 0 saturated heterocycles. The second-order valence-electron chi connectivity index (χ2n) is 5.89. The van der Waals surface area contributed by atoms with Gasteiger partial charge in [-0.1, -0.05) is 25.4 Å². The van der Waals surface area contributed by atoms with E-state index in [0.717, 1.165) is 24.4 Å². The molecular formula is C14H22Cl2N4. The van der Waals surface area contributed by atoms with E-state index in [1.54, 1.807) is 0 Å². The molecule has 6 heteroatoms. The lowest BCUT2D eigenvalue weighted by atomic mass is 9.93. The number of hydrogen-bond donors (Lipinski definition) is 1. The van der Waals surface area contributed by atoms with Crippen LogP contribution in [-0.2, 0) is 6.54 Å². The van der Waals surface area contributed by atoms with E-state index in [4.69, 9.17) is 17.3 Å². The lowest BCUT2D eigenvalue weighted by molar-refractivity contribution is 0.208. The molecule has 0 radical (unpaired) electrons. The topological polar surface area (TPSA) is 46.6 Å². The molecular weight excluding hydrogens is 295 g/mol. The Hall–Kier alpha value is -0.810. The van der Waals surface area contributed by atoms with Gasteiger partial charge in [0.25, 0.3) is 0 Å². The molecule has 0 saturated carbocycles. The third-order valence-corrected chi connectivity index (χ3v) is 3.37. The van der Waals surface area contributed by atoms with Crippen molar-refractivity contribution in [3.05, 3.63) is 35.2 Å². The fourth-order valence-electron chi connectivity index (χ4n) is 2.22. The van der Waals surface area contributed by atoms with Crippen LogP contribution in [0.15, 0.2) is 24.5 Å². The molecule has 2 aromatic rings. The van der Waals surface area contributed by atoms with Gasteiger partial charge < -0.3 is 10.1 Å². The molecule has 4 nitrogen and oxygen atoms in total. The van der Waals surface area contributed by atoms with E-state index in [-0.39, 0.29) is 17.8 Å². The summed E-state index contributed by atoms with van der Waals surface area (Å²) in [5.74, 6) is 0. The van der Waals surface area contributed by atoms with Crippen molar-refractivity contribution < 1.29 is 0 Å². The van der Waals surface area contributed by atoms with Gasteiger partial charge in [-0.25, -0.2) is 4.98 Å². The molecule has 0 fully saturated rings. The molecule has 0 bridgehead atoms. The van der Waals surface area contributed by atoms with E-state index in [1.165, 1.54) is 0 Å². The largest absolute Gasteiger partial charge is 0.330 e. The summed E-state index contributed by atoms with van der Waals surface area (Å²) in [6.45, 7) is 6.78. The molecule has 0 amide bonds. The van der Waals surface area contributed by atoms with Gasteiger partial charge in [-0.15, -0.1) is 12.4 Å². The highest BCUT2D eigenvalue weighted by Crippen LogP contribution is 2.16. The fraction of sp³-hybridized carbons (Fsp3) is 0.500. The number of pyridine rings is 1. The third kappa shape index (κ3) is 4.35. The molecule has 0 aromatic carbocycles. The van der Waals surface area contributed by atoms with Gasteiger partial charge in [0.05, 0.1) is 10.7 Å². The van der Waals surface area contributed by atoms with E-state index in [9.17, 15) is 0 Å². The fourth-order valence-corrected chi connectivity index (χ4v) is 2.39. The van der Waals surface area contributed by atoms with Crippen LogP contribution in [0.4, 0.5) is 0 Å². The minimum Gasteiger partial charge on any atom is -0.330 e. The predicted molar refractivity (Wildman–Crippen MR) is 86.6 cm³/mol. The highest BCUT2D eigenvalue weighted by Gasteiger charge is 2.18. The van der Waals surface area contributed by atoms with Crippen molar-refractivity contribution in [3.8, 4) is 0 Å². The van der Waals surface area contributed by atoms with Crippen LogP contribution in [0.5, 0.6) is 0 Å². The first kappa shape index (κ1) is 17.2. The number of aromatic nitrogens is 2. The highest BCUT2D eigenvalue weighted by atomic mass is 35.5. The average Bonchev–Trinajstić information content (AvgIpc) is 2.69. The summed E-state index contributed by atoms with van der Waals surface area (Å²) in [5.41, 5.74) is 7.85. The Kier molecular flexibility index (Phi) is 5.83. The Morgan fingerprint density at radius 2 is 2.05 bits per heavy atom. The molecule has 0 aliphatic carbocycles. The Bertz CT molecular complexity index is 565. The summed E-state index contributed by atoms with van der Waals surface area (Å²) >= 11 is 5.97. The van der Waals surface area contributed by atoms with Gasteiger partial charge in [-0.05, 0) is 31.1 Å². The van der Waals surface area contributed by atoms with Crippen LogP contribution in [0, 0.1) is 5.41 Å². The van der Waals surface area contributed by atoms with Crippen molar-refractivity contribution in [1.82, 2.24) is 14.3 Å². The Morgan fingerprint density at radius 1 is 1.35 bits per heavy atom. The quantitative estimate of drug-likeness (QED) is 0.922. The summed E-state index contributed by atoms with van der Waals surface area (Å²) in [7, 11) is 2.09. The summed E-state index contributed by atoms with van der Waals surface area (Å²) in [6.07, 6.45) is 3.89. The minimum absolute atomic E-state index is 0. The van der Waals surface area contributed by atoms with Crippen molar-refractivity contribution in [3.63, 3.8) is 0 Å². The van der Waals surface area contributed by atoms with E-state index < -0.39 is 0 Å². The predicted octanol–water partition coefficient (Wildman–Crippen LogP) is 2.83. The van der Waals surface area contributed by atoms with Gasteiger partial charge in [0, 0.05) is 25.5 Å². The van der Waals surface area contributed by atoms with Crippen LogP contribution in [0.1, 0.15) is 19.5 Å². The highest BCUT2D eigenvalue weighted by molar-refractivity contribution is 6.30. The Labute approximate surface area is 131 Å². The first-order valence-electron chi connectivity index (χ1n) is 6.41. The van der Waals surface area contributed by atoms with E-state index in [0.29, 0.717) is 11.6 Å². The van der Waals surface area contributed by atoms with Crippen LogP contribution >= 0.6 is 24.0 Å². The SMILES string of the molecule is CN(Cc1cn2cc(Cl)ccc2n1)CC(C)(C)CN.Cl. The Balaban J connectivity index is 0.00000200. The van der Waals surface area contributed by atoms with Gasteiger partial charge in [-0.2, -0.15) is 0 Å². The number of hydrogen-bond acceptors (Lipinski definition) is 3. The number of fused-ring (bicyclic) bond motifs is 1. The Morgan fingerprint density at radius 3 is 2.70 bits per heavy atom. The molecule has 2 rings (SSSR count).